The van der Waals surface area contributed by atoms with Crippen molar-refractivity contribution in [1.29, 1.82) is 0 Å². The maximum absolute atomic E-state index is 13.5. The van der Waals surface area contributed by atoms with Gasteiger partial charge in [0.2, 0.25) is 0 Å². The lowest BCUT2D eigenvalue weighted by atomic mass is 10.0. The summed E-state index contributed by atoms with van der Waals surface area (Å²) in [5, 5.41) is 0. The second-order valence-electron chi connectivity index (χ2n) is 6.90. The number of hydrogen-bond donors (Lipinski definition) is 0. The Kier molecular flexibility index (Phi) is 2.91. The highest BCUT2D eigenvalue weighted by Gasteiger charge is 2.64. The molecule has 1 aliphatic carbocycles. The zero-order valence-corrected chi connectivity index (χ0v) is 13.1. The number of rotatable bonds is 3. The molecule has 3 rings (SSSR count). The van der Waals surface area contributed by atoms with E-state index in [1.807, 2.05) is 0 Å². The molecule has 0 saturated heterocycles. The fraction of sp³-hybridized carbons (Fsp3) is 0.562. The predicted octanol–water partition coefficient (Wildman–Crippen LogP) is 4.60. The lowest BCUT2D eigenvalue weighted by Gasteiger charge is -2.09. The molecule has 2 aromatic rings. The fourth-order valence-electron chi connectivity index (χ4n) is 3.42. The van der Waals surface area contributed by atoms with E-state index >= 15 is 0 Å². The van der Waals surface area contributed by atoms with E-state index in [-0.39, 0.29) is 5.82 Å². The molecule has 0 aliphatic heterocycles. The van der Waals surface area contributed by atoms with Crippen molar-refractivity contribution in [2.24, 2.45) is 16.7 Å². The van der Waals surface area contributed by atoms with Gasteiger partial charge in [-0.1, -0.05) is 27.7 Å². The van der Waals surface area contributed by atoms with Gasteiger partial charge in [-0.3, -0.25) is 0 Å². The minimum absolute atomic E-state index is 0.228. The van der Waals surface area contributed by atoms with Crippen molar-refractivity contribution in [2.75, 3.05) is 0 Å². The summed E-state index contributed by atoms with van der Waals surface area (Å²) < 4.78 is 15.6. The van der Waals surface area contributed by atoms with Crippen LogP contribution >= 0.6 is 11.6 Å². The van der Waals surface area contributed by atoms with Gasteiger partial charge in [0.1, 0.15) is 11.6 Å². The van der Waals surface area contributed by atoms with E-state index in [9.17, 15) is 4.39 Å². The standard InChI is InChI=1S/C16H20ClFN2/c1-15(2)13(16(15,3)4)9-20-12-7-10(18)5-6-11(12)19-14(20)8-17/h5-7,13H,8-9H2,1-4H3. The average molecular weight is 295 g/mol. The van der Waals surface area contributed by atoms with Crippen molar-refractivity contribution in [2.45, 2.75) is 40.1 Å². The molecule has 1 fully saturated rings. The molecule has 0 spiro atoms. The van der Waals surface area contributed by atoms with Gasteiger partial charge in [-0.2, -0.15) is 0 Å². The van der Waals surface area contributed by atoms with E-state index in [0.29, 0.717) is 22.6 Å². The molecule has 0 radical (unpaired) electrons. The molecule has 0 bridgehead atoms. The molecule has 1 heterocycles. The van der Waals surface area contributed by atoms with Gasteiger partial charge >= 0.3 is 0 Å². The summed E-state index contributed by atoms with van der Waals surface area (Å²) in [7, 11) is 0. The fourth-order valence-corrected chi connectivity index (χ4v) is 3.63. The number of nitrogens with zero attached hydrogens (tertiary/aromatic N) is 2. The summed E-state index contributed by atoms with van der Waals surface area (Å²) in [5.41, 5.74) is 2.25. The largest absolute Gasteiger partial charge is 0.327 e. The molecule has 1 aromatic heterocycles. The lowest BCUT2D eigenvalue weighted by molar-refractivity contribution is 0.457. The van der Waals surface area contributed by atoms with Crippen LogP contribution in [0.15, 0.2) is 18.2 Å². The highest BCUT2D eigenvalue weighted by atomic mass is 35.5. The zero-order valence-electron chi connectivity index (χ0n) is 12.4. The van der Waals surface area contributed by atoms with Crippen LogP contribution in [0, 0.1) is 22.6 Å². The number of fused-ring (bicyclic) bond motifs is 1. The van der Waals surface area contributed by atoms with Crippen molar-refractivity contribution in [1.82, 2.24) is 9.55 Å². The lowest BCUT2D eigenvalue weighted by Crippen LogP contribution is -2.07. The van der Waals surface area contributed by atoms with Crippen molar-refractivity contribution < 1.29 is 4.39 Å². The average Bonchev–Trinajstić information content (AvgIpc) is 2.69. The van der Waals surface area contributed by atoms with Gasteiger partial charge in [-0.05, 0) is 34.9 Å². The van der Waals surface area contributed by atoms with Crippen LogP contribution in [0.25, 0.3) is 11.0 Å². The van der Waals surface area contributed by atoms with Crippen LogP contribution in [0.4, 0.5) is 4.39 Å². The van der Waals surface area contributed by atoms with E-state index in [2.05, 4.69) is 37.2 Å². The summed E-state index contributed by atoms with van der Waals surface area (Å²) in [6, 6.07) is 4.73. The van der Waals surface area contributed by atoms with Gasteiger partial charge in [0.15, 0.2) is 0 Å². The Labute approximate surface area is 123 Å². The number of halogens is 2. The summed E-state index contributed by atoms with van der Waals surface area (Å²) in [6.45, 7) is 10.0. The summed E-state index contributed by atoms with van der Waals surface area (Å²) in [6.07, 6.45) is 0. The normalized spacial score (nSPS) is 20.5. The first-order chi connectivity index (χ1) is 9.29. The van der Waals surface area contributed by atoms with Crippen LogP contribution in [-0.2, 0) is 12.4 Å². The Bertz CT molecular complexity index is 658. The van der Waals surface area contributed by atoms with Gasteiger partial charge in [-0.15, -0.1) is 11.6 Å². The second kappa shape index (κ2) is 4.20. The van der Waals surface area contributed by atoms with Crippen molar-refractivity contribution >= 4 is 22.6 Å². The number of aromatic nitrogens is 2. The zero-order chi connectivity index (χ0) is 14.7. The smallest absolute Gasteiger partial charge is 0.125 e. The van der Waals surface area contributed by atoms with Gasteiger partial charge in [0.05, 0.1) is 16.9 Å². The summed E-state index contributed by atoms with van der Waals surface area (Å²) in [4.78, 5) is 4.51. The molecule has 0 atom stereocenters. The summed E-state index contributed by atoms with van der Waals surface area (Å²) in [5.74, 6) is 1.50. The molecule has 0 unspecified atom stereocenters. The highest BCUT2D eigenvalue weighted by Crippen LogP contribution is 2.69. The Morgan fingerprint density at radius 2 is 1.90 bits per heavy atom. The summed E-state index contributed by atoms with van der Waals surface area (Å²) >= 11 is 6.01. The minimum atomic E-state index is -0.228. The molecular formula is C16H20ClFN2. The molecule has 2 nitrogen and oxygen atoms in total. The van der Waals surface area contributed by atoms with Gasteiger partial charge in [0.25, 0.3) is 0 Å². The van der Waals surface area contributed by atoms with Crippen LogP contribution in [0.1, 0.15) is 33.5 Å². The van der Waals surface area contributed by atoms with Crippen LogP contribution in [-0.4, -0.2) is 9.55 Å². The third-order valence-electron chi connectivity index (χ3n) is 5.59. The third kappa shape index (κ3) is 1.79. The Hall–Kier alpha value is -1.09. The van der Waals surface area contributed by atoms with Crippen LogP contribution in [0.3, 0.4) is 0 Å². The Morgan fingerprint density at radius 1 is 1.25 bits per heavy atom. The topological polar surface area (TPSA) is 17.8 Å². The van der Waals surface area contributed by atoms with Crippen molar-refractivity contribution in [3.8, 4) is 0 Å². The third-order valence-corrected chi connectivity index (χ3v) is 5.83. The Balaban J connectivity index is 2.05. The quantitative estimate of drug-likeness (QED) is 0.757. The number of alkyl halides is 1. The maximum Gasteiger partial charge on any atom is 0.125 e. The molecule has 0 amide bonds. The minimum Gasteiger partial charge on any atom is -0.327 e. The first kappa shape index (κ1) is 13.9. The Morgan fingerprint density at radius 3 is 2.45 bits per heavy atom. The molecule has 0 N–H and O–H groups in total. The van der Waals surface area contributed by atoms with E-state index in [1.54, 1.807) is 12.1 Å². The highest BCUT2D eigenvalue weighted by molar-refractivity contribution is 6.16. The molecule has 1 saturated carbocycles. The number of benzene rings is 1. The van der Waals surface area contributed by atoms with Crippen molar-refractivity contribution in [3.05, 3.63) is 29.8 Å². The predicted molar refractivity (Wildman–Crippen MR) is 80.3 cm³/mol. The maximum atomic E-state index is 13.5. The van der Waals surface area contributed by atoms with E-state index in [1.165, 1.54) is 6.07 Å². The molecule has 1 aliphatic rings. The first-order valence-corrected chi connectivity index (χ1v) is 7.53. The van der Waals surface area contributed by atoms with E-state index in [4.69, 9.17) is 11.6 Å². The molecule has 1 aromatic carbocycles. The van der Waals surface area contributed by atoms with Gasteiger partial charge in [-0.25, -0.2) is 9.37 Å². The van der Waals surface area contributed by atoms with E-state index in [0.717, 1.165) is 23.4 Å². The molecule has 20 heavy (non-hydrogen) atoms. The van der Waals surface area contributed by atoms with E-state index < -0.39 is 0 Å². The van der Waals surface area contributed by atoms with Crippen molar-refractivity contribution in [3.63, 3.8) is 0 Å². The SMILES string of the molecule is CC1(C)C(Cn2c(CCl)nc3ccc(F)cc32)C1(C)C. The van der Waals surface area contributed by atoms with Gasteiger partial charge < -0.3 is 4.57 Å². The van der Waals surface area contributed by atoms with Crippen LogP contribution < -0.4 is 0 Å². The number of hydrogen-bond acceptors (Lipinski definition) is 1. The molecular weight excluding hydrogens is 275 g/mol. The number of imidazole rings is 1. The first-order valence-electron chi connectivity index (χ1n) is 6.99. The monoisotopic (exact) mass is 294 g/mol. The molecule has 108 valence electrons. The van der Waals surface area contributed by atoms with Crippen LogP contribution in [0.2, 0.25) is 0 Å². The van der Waals surface area contributed by atoms with Gasteiger partial charge in [0, 0.05) is 6.54 Å². The second-order valence-corrected chi connectivity index (χ2v) is 7.17. The molecule has 4 heteroatoms. The van der Waals surface area contributed by atoms with Crippen LogP contribution in [0.5, 0.6) is 0 Å².